The third-order valence-corrected chi connectivity index (χ3v) is 5.71. The molecule has 0 fully saturated rings. The van der Waals surface area contributed by atoms with E-state index in [1.165, 1.54) is 36.0 Å². The molecule has 0 spiro atoms. The molecule has 3 aromatic carbocycles. The highest BCUT2D eigenvalue weighted by Gasteiger charge is 2.35. The average molecular weight is 432 g/mol. The van der Waals surface area contributed by atoms with Crippen molar-refractivity contribution in [1.29, 1.82) is 0 Å². The molecule has 0 aliphatic carbocycles. The van der Waals surface area contributed by atoms with Crippen LogP contribution in [0.25, 0.3) is 0 Å². The van der Waals surface area contributed by atoms with Gasteiger partial charge in [0.2, 0.25) is 5.82 Å². The molecular formula is C18H9F5O3S2. The van der Waals surface area contributed by atoms with Crippen molar-refractivity contribution in [3.05, 3.63) is 83.7 Å². The van der Waals surface area contributed by atoms with Crippen molar-refractivity contribution in [2.45, 2.75) is 14.7 Å². The summed E-state index contributed by atoms with van der Waals surface area (Å²) < 4.78 is 95.7. The van der Waals surface area contributed by atoms with Gasteiger partial charge in [-0.1, -0.05) is 30.0 Å². The van der Waals surface area contributed by atoms with Crippen LogP contribution in [0.2, 0.25) is 0 Å². The molecule has 0 aromatic heterocycles. The predicted molar refractivity (Wildman–Crippen MR) is 91.1 cm³/mol. The predicted octanol–water partition coefficient (Wildman–Crippen LogP) is 5.30. The summed E-state index contributed by atoms with van der Waals surface area (Å²) in [7, 11) is -5.31. The summed E-state index contributed by atoms with van der Waals surface area (Å²) >= 11 is 1.36. The van der Waals surface area contributed by atoms with E-state index in [0.29, 0.717) is 4.90 Å². The summed E-state index contributed by atoms with van der Waals surface area (Å²) in [6.07, 6.45) is 0. The number of hydrogen-bond acceptors (Lipinski definition) is 4. The minimum absolute atomic E-state index is 0.360. The molecule has 0 amide bonds. The third kappa shape index (κ3) is 3.97. The van der Waals surface area contributed by atoms with Crippen molar-refractivity contribution >= 4 is 21.9 Å². The molecule has 10 heteroatoms. The molecule has 0 bridgehead atoms. The van der Waals surface area contributed by atoms with Gasteiger partial charge in [0, 0.05) is 9.79 Å². The zero-order chi connectivity index (χ0) is 20.5. The lowest BCUT2D eigenvalue weighted by Gasteiger charge is -2.11. The Hall–Kier alpha value is -2.59. The van der Waals surface area contributed by atoms with E-state index in [4.69, 9.17) is 0 Å². The average Bonchev–Trinajstić information content (AvgIpc) is 2.67. The summed E-state index contributed by atoms with van der Waals surface area (Å²) in [6, 6.07) is 14.5. The van der Waals surface area contributed by atoms with E-state index in [1.54, 1.807) is 0 Å². The quantitative estimate of drug-likeness (QED) is 0.238. The largest absolute Gasteiger partial charge is 0.379 e. The van der Waals surface area contributed by atoms with E-state index in [1.807, 2.05) is 30.3 Å². The van der Waals surface area contributed by atoms with E-state index < -0.39 is 44.1 Å². The summed E-state index contributed by atoms with van der Waals surface area (Å²) in [5, 5.41) is 0. The molecule has 0 saturated carbocycles. The van der Waals surface area contributed by atoms with Crippen molar-refractivity contribution in [3.63, 3.8) is 0 Å². The molecular weight excluding hydrogens is 423 g/mol. The molecule has 3 aromatic rings. The fraction of sp³-hybridized carbons (Fsp3) is 0. The van der Waals surface area contributed by atoms with Gasteiger partial charge in [-0.15, -0.1) is 0 Å². The van der Waals surface area contributed by atoms with Crippen LogP contribution in [-0.4, -0.2) is 8.42 Å². The lowest BCUT2D eigenvalue weighted by Crippen LogP contribution is -2.17. The molecule has 146 valence electrons. The van der Waals surface area contributed by atoms with Gasteiger partial charge >= 0.3 is 10.1 Å². The maximum atomic E-state index is 13.7. The first-order chi connectivity index (χ1) is 13.2. The number of benzene rings is 3. The van der Waals surface area contributed by atoms with E-state index in [0.717, 1.165) is 4.90 Å². The third-order valence-electron chi connectivity index (χ3n) is 3.43. The SMILES string of the molecule is O=S(=O)(Oc1ccc(Sc2ccccc2)cc1)c1c(F)c(F)c(F)c(F)c1F. The van der Waals surface area contributed by atoms with E-state index in [9.17, 15) is 30.4 Å². The van der Waals surface area contributed by atoms with Crippen molar-refractivity contribution in [1.82, 2.24) is 0 Å². The van der Waals surface area contributed by atoms with Crippen molar-refractivity contribution in [2.75, 3.05) is 0 Å². The lowest BCUT2D eigenvalue weighted by atomic mass is 10.3. The van der Waals surface area contributed by atoms with E-state index in [-0.39, 0.29) is 5.75 Å². The normalized spacial score (nSPS) is 11.5. The molecule has 3 nitrogen and oxygen atoms in total. The van der Waals surface area contributed by atoms with Gasteiger partial charge in [-0.25, -0.2) is 22.0 Å². The fourth-order valence-corrected chi connectivity index (χ4v) is 4.06. The minimum Gasteiger partial charge on any atom is -0.379 e. The standard InChI is InChI=1S/C18H9F5O3S2/c19-13-14(20)16(22)18(17(23)15(13)21)28(24,25)26-10-6-8-12(9-7-10)27-11-4-2-1-3-5-11/h1-9H. The second-order valence-corrected chi connectivity index (χ2v) is 7.95. The summed E-state index contributed by atoms with van der Waals surface area (Å²) in [5.41, 5.74) is 0. The number of hydrogen-bond donors (Lipinski definition) is 0. The highest BCUT2D eigenvalue weighted by atomic mass is 32.2. The van der Waals surface area contributed by atoms with Crippen LogP contribution in [0.3, 0.4) is 0 Å². The van der Waals surface area contributed by atoms with Gasteiger partial charge < -0.3 is 4.18 Å². The van der Waals surface area contributed by atoms with Crippen molar-refractivity contribution in [3.8, 4) is 5.75 Å². The van der Waals surface area contributed by atoms with Crippen molar-refractivity contribution < 1.29 is 34.6 Å². The Morgan fingerprint density at radius 1 is 0.643 bits per heavy atom. The van der Waals surface area contributed by atoms with Gasteiger partial charge in [0.1, 0.15) is 5.75 Å². The molecule has 0 unspecified atom stereocenters. The van der Waals surface area contributed by atoms with Gasteiger partial charge in [-0.05, 0) is 36.4 Å². The molecule has 0 heterocycles. The Kier molecular flexibility index (Phi) is 5.61. The van der Waals surface area contributed by atoms with Crippen LogP contribution in [0.1, 0.15) is 0 Å². The molecule has 3 rings (SSSR count). The zero-order valence-corrected chi connectivity index (χ0v) is 15.3. The molecule has 0 radical (unpaired) electrons. The van der Waals surface area contributed by atoms with Crippen LogP contribution < -0.4 is 4.18 Å². The highest BCUT2D eigenvalue weighted by molar-refractivity contribution is 7.99. The van der Waals surface area contributed by atoms with Gasteiger partial charge in [0.25, 0.3) is 0 Å². The molecule has 0 saturated heterocycles. The smallest absolute Gasteiger partial charge is 0.345 e. The van der Waals surface area contributed by atoms with Crippen LogP contribution in [0.15, 0.2) is 69.3 Å². The van der Waals surface area contributed by atoms with Crippen LogP contribution in [0, 0.1) is 29.1 Å². The first-order valence-corrected chi connectivity index (χ1v) is 9.72. The van der Waals surface area contributed by atoms with Crippen molar-refractivity contribution in [2.24, 2.45) is 0 Å². The second-order valence-electron chi connectivity index (χ2n) is 5.32. The summed E-state index contributed by atoms with van der Waals surface area (Å²) in [6.45, 7) is 0. The van der Waals surface area contributed by atoms with Gasteiger partial charge in [-0.2, -0.15) is 8.42 Å². The highest BCUT2D eigenvalue weighted by Crippen LogP contribution is 2.31. The Balaban J connectivity index is 1.87. The molecule has 0 aliphatic heterocycles. The summed E-state index contributed by atoms with van der Waals surface area (Å²) in [4.78, 5) is -0.441. The topological polar surface area (TPSA) is 43.4 Å². The van der Waals surface area contributed by atoms with Gasteiger partial charge in [0.05, 0.1) is 0 Å². The monoisotopic (exact) mass is 432 g/mol. The zero-order valence-electron chi connectivity index (χ0n) is 13.6. The first-order valence-electron chi connectivity index (χ1n) is 7.49. The van der Waals surface area contributed by atoms with E-state index >= 15 is 0 Å². The van der Waals surface area contributed by atoms with Crippen LogP contribution >= 0.6 is 11.8 Å². The molecule has 0 N–H and O–H groups in total. The minimum atomic E-state index is -5.31. The van der Waals surface area contributed by atoms with Crippen LogP contribution in [-0.2, 0) is 10.1 Å². The summed E-state index contributed by atoms with van der Waals surface area (Å²) in [5.74, 6) is -12.6. The molecule has 28 heavy (non-hydrogen) atoms. The Morgan fingerprint density at radius 3 is 1.64 bits per heavy atom. The Labute approximate surface area is 160 Å². The number of halogens is 5. The molecule has 0 atom stereocenters. The Bertz CT molecular complexity index is 1090. The number of rotatable bonds is 5. The van der Waals surface area contributed by atoms with Crippen LogP contribution in [0.5, 0.6) is 5.75 Å². The first kappa shape index (κ1) is 20.2. The van der Waals surface area contributed by atoms with E-state index in [2.05, 4.69) is 4.18 Å². The fourth-order valence-electron chi connectivity index (χ4n) is 2.16. The Morgan fingerprint density at radius 2 is 1.11 bits per heavy atom. The van der Waals surface area contributed by atoms with Crippen LogP contribution in [0.4, 0.5) is 22.0 Å². The van der Waals surface area contributed by atoms with Gasteiger partial charge in [0.15, 0.2) is 28.2 Å². The maximum absolute atomic E-state index is 13.7. The maximum Gasteiger partial charge on any atom is 0.345 e. The molecule has 0 aliphatic rings. The second kappa shape index (κ2) is 7.80. The lowest BCUT2D eigenvalue weighted by molar-refractivity contribution is 0.352. The van der Waals surface area contributed by atoms with Gasteiger partial charge in [-0.3, -0.25) is 0 Å².